The first kappa shape index (κ1) is 25.5. The first-order chi connectivity index (χ1) is 19.0. The summed E-state index contributed by atoms with van der Waals surface area (Å²) in [5.74, 6) is -0.159. The minimum atomic E-state index is -0.990. The third kappa shape index (κ3) is 4.77. The summed E-state index contributed by atoms with van der Waals surface area (Å²) in [5, 5.41) is 18.3. The molecule has 39 heavy (non-hydrogen) atoms. The second-order valence-corrected chi connectivity index (χ2v) is 10.3. The molecule has 0 aliphatic carbocycles. The van der Waals surface area contributed by atoms with Crippen LogP contribution in [0.5, 0.6) is 5.75 Å². The Morgan fingerprint density at radius 3 is 2.74 bits per heavy atom. The lowest BCUT2D eigenvalue weighted by molar-refractivity contribution is -0.0394. The van der Waals surface area contributed by atoms with E-state index in [0.29, 0.717) is 31.2 Å². The number of fused-ring (bicyclic) bond motifs is 2. The van der Waals surface area contributed by atoms with Crippen LogP contribution in [0.15, 0.2) is 60.7 Å². The second-order valence-electron chi connectivity index (χ2n) is 9.96. The van der Waals surface area contributed by atoms with Gasteiger partial charge < -0.3 is 19.6 Å². The molecule has 6 rings (SSSR count). The van der Waals surface area contributed by atoms with E-state index in [1.165, 1.54) is 0 Å². The van der Waals surface area contributed by atoms with Crippen LogP contribution in [0.3, 0.4) is 0 Å². The predicted molar refractivity (Wildman–Crippen MR) is 153 cm³/mol. The van der Waals surface area contributed by atoms with E-state index in [1.54, 1.807) is 4.68 Å². The Kier molecular flexibility index (Phi) is 7.02. The molecule has 7 nitrogen and oxygen atoms in total. The molecule has 0 radical (unpaired) electrons. The van der Waals surface area contributed by atoms with Gasteiger partial charge in [0.1, 0.15) is 16.6 Å². The number of aromatic carboxylic acids is 1. The molecule has 5 aromatic rings. The van der Waals surface area contributed by atoms with Crippen molar-refractivity contribution in [3.05, 3.63) is 82.8 Å². The number of aromatic nitrogens is 3. The van der Waals surface area contributed by atoms with Crippen molar-refractivity contribution in [1.29, 1.82) is 0 Å². The van der Waals surface area contributed by atoms with Gasteiger partial charge in [-0.15, -0.1) is 0 Å². The fraction of sp³-hybridized carbons (Fsp3) is 0.290. The van der Waals surface area contributed by atoms with Gasteiger partial charge in [0.25, 0.3) is 0 Å². The van der Waals surface area contributed by atoms with Crippen LogP contribution in [0.25, 0.3) is 32.8 Å². The molecule has 3 aromatic carbocycles. The van der Waals surface area contributed by atoms with Crippen LogP contribution in [-0.2, 0) is 11.2 Å². The smallest absolute Gasteiger partial charge is 0.352 e. The highest BCUT2D eigenvalue weighted by Gasteiger charge is 2.26. The number of carbonyl (C=O) groups is 1. The number of nitrogens with zero attached hydrogens (tertiary/aromatic N) is 2. The molecule has 1 aliphatic rings. The molecule has 2 N–H and O–H groups in total. The van der Waals surface area contributed by atoms with E-state index in [9.17, 15) is 9.90 Å². The van der Waals surface area contributed by atoms with Gasteiger partial charge in [-0.05, 0) is 56.0 Å². The number of aromatic amines is 1. The predicted octanol–water partition coefficient (Wildman–Crippen LogP) is 7.56. The van der Waals surface area contributed by atoms with E-state index < -0.39 is 5.97 Å². The number of carboxylic acids is 1. The summed E-state index contributed by atoms with van der Waals surface area (Å²) in [6.07, 6.45) is 4.00. The normalized spacial score (nSPS) is 15.7. The van der Waals surface area contributed by atoms with Crippen molar-refractivity contribution in [1.82, 2.24) is 14.8 Å². The monoisotopic (exact) mass is 543 g/mol. The standard InChI is InChI=1S/C31H30ClN3O4/c1-19-27(30(32)35(34-19)26-16-4-5-17-39-26)24-13-7-12-22-23(29(31(36)37)33-28(22)24)14-8-18-38-25-15-6-10-20-9-2-3-11-21(20)25/h2-3,6-7,9-13,15,26,33H,4-5,8,14,16-18H2,1H3,(H,36,37). The van der Waals surface area contributed by atoms with E-state index in [2.05, 4.69) is 17.1 Å². The number of nitrogens with one attached hydrogen (secondary N) is 1. The number of para-hydroxylation sites is 1. The molecular formula is C31H30ClN3O4. The maximum absolute atomic E-state index is 12.3. The highest BCUT2D eigenvalue weighted by Crippen LogP contribution is 2.39. The molecule has 2 aromatic heterocycles. The van der Waals surface area contributed by atoms with Crippen LogP contribution in [0.1, 0.15) is 53.7 Å². The van der Waals surface area contributed by atoms with Gasteiger partial charge in [0, 0.05) is 28.5 Å². The van der Waals surface area contributed by atoms with Gasteiger partial charge in [-0.1, -0.05) is 66.2 Å². The molecule has 200 valence electrons. The summed E-state index contributed by atoms with van der Waals surface area (Å²) in [7, 11) is 0. The van der Waals surface area contributed by atoms with Crippen LogP contribution in [-0.4, -0.2) is 39.1 Å². The zero-order chi connectivity index (χ0) is 26.9. The van der Waals surface area contributed by atoms with Gasteiger partial charge in [-0.25, -0.2) is 9.48 Å². The van der Waals surface area contributed by atoms with E-state index >= 15 is 0 Å². The number of halogens is 1. The Morgan fingerprint density at radius 2 is 1.92 bits per heavy atom. The van der Waals surface area contributed by atoms with E-state index in [1.807, 2.05) is 55.5 Å². The fourth-order valence-electron chi connectivity index (χ4n) is 5.61. The van der Waals surface area contributed by atoms with E-state index in [-0.39, 0.29) is 11.9 Å². The average molecular weight is 544 g/mol. The number of benzene rings is 3. The van der Waals surface area contributed by atoms with Crippen molar-refractivity contribution in [2.45, 2.75) is 45.3 Å². The van der Waals surface area contributed by atoms with Crippen LogP contribution < -0.4 is 4.74 Å². The van der Waals surface area contributed by atoms with Gasteiger partial charge in [0.15, 0.2) is 6.23 Å². The number of hydrogen-bond acceptors (Lipinski definition) is 4. The minimum absolute atomic E-state index is 0.187. The molecule has 0 bridgehead atoms. The Morgan fingerprint density at radius 1 is 1.13 bits per heavy atom. The molecule has 1 atom stereocenters. The van der Waals surface area contributed by atoms with Crippen LogP contribution in [0, 0.1) is 6.92 Å². The number of ether oxygens (including phenoxy) is 2. The summed E-state index contributed by atoms with van der Waals surface area (Å²) < 4.78 is 13.8. The van der Waals surface area contributed by atoms with Gasteiger partial charge in [-0.2, -0.15) is 5.10 Å². The molecule has 1 saturated heterocycles. The maximum Gasteiger partial charge on any atom is 0.352 e. The zero-order valence-electron chi connectivity index (χ0n) is 21.7. The second kappa shape index (κ2) is 10.8. The lowest BCUT2D eigenvalue weighted by Crippen LogP contribution is -2.19. The van der Waals surface area contributed by atoms with Gasteiger partial charge in [-0.3, -0.25) is 0 Å². The maximum atomic E-state index is 12.3. The third-order valence-electron chi connectivity index (χ3n) is 7.46. The number of carboxylic acid groups (broad SMARTS) is 1. The fourth-order valence-corrected chi connectivity index (χ4v) is 5.99. The van der Waals surface area contributed by atoms with Crippen molar-refractivity contribution in [3.8, 4) is 16.9 Å². The SMILES string of the molecule is Cc1nn(C2CCCCO2)c(Cl)c1-c1cccc2c(CCCOc3cccc4ccccc34)c(C(=O)O)[nH]c12. The van der Waals surface area contributed by atoms with Crippen molar-refractivity contribution < 1.29 is 19.4 Å². The summed E-state index contributed by atoms with van der Waals surface area (Å²) in [5.41, 5.74) is 4.10. The molecule has 1 fully saturated rings. The first-order valence-corrected chi connectivity index (χ1v) is 13.7. The summed E-state index contributed by atoms with van der Waals surface area (Å²) >= 11 is 6.88. The molecular weight excluding hydrogens is 514 g/mol. The highest BCUT2D eigenvalue weighted by molar-refractivity contribution is 6.33. The quantitative estimate of drug-likeness (QED) is 0.197. The van der Waals surface area contributed by atoms with Crippen LogP contribution in [0.4, 0.5) is 0 Å². The largest absolute Gasteiger partial charge is 0.493 e. The van der Waals surface area contributed by atoms with Crippen LogP contribution >= 0.6 is 11.6 Å². The Labute approximate surface area is 231 Å². The summed E-state index contributed by atoms with van der Waals surface area (Å²) in [6.45, 7) is 3.08. The molecule has 3 heterocycles. The van der Waals surface area contributed by atoms with E-state index in [4.69, 9.17) is 26.2 Å². The minimum Gasteiger partial charge on any atom is -0.493 e. The van der Waals surface area contributed by atoms with Gasteiger partial charge in [0.2, 0.25) is 0 Å². The third-order valence-corrected chi connectivity index (χ3v) is 7.82. The molecule has 0 saturated carbocycles. The molecule has 1 aliphatic heterocycles. The molecule has 0 spiro atoms. The topological polar surface area (TPSA) is 89.4 Å². The van der Waals surface area contributed by atoms with E-state index in [0.717, 1.165) is 69.1 Å². The Bertz CT molecular complexity index is 1660. The summed E-state index contributed by atoms with van der Waals surface area (Å²) in [4.78, 5) is 15.5. The lowest BCUT2D eigenvalue weighted by atomic mass is 10.00. The highest BCUT2D eigenvalue weighted by atomic mass is 35.5. The molecule has 8 heteroatoms. The number of hydrogen-bond donors (Lipinski definition) is 2. The number of aryl methyl sites for hydroxylation is 2. The van der Waals surface area contributed by atoms with Crippen molar-refractivity contribution in [2.24, 2.45) is 0 Å². The number of H-pyrrole nitrogens is 1. The summed E-state index contributed by atoms with van der Waals surface area (Å²) in [6, 6.07) is 20.0. The van der Waals surface area contributed by atoms with Gasteiger partial charge in [0.05, 0.1) is 17.8 Å². The zero-order valence-corrected chi connectivity index (χ0v) is 22.5. The van der Waals surface area contributed by atoms with Gasteiger partial charge >= 0.3 is 5.97 Å². The Balaban J connectivity index is 1.29. The van der Waals surface area contributed by atoms with Crippen molar-refractivity contribution in [3.63, 3.8) is 0 Å². The van der Waals surface area contributed by atoms with Crippen molar-refractivity contribution in [2.75, 3.05) is 13.2 Å². The Hall–Kier alpha value is -3.81. The van der Waals surface area contributed by atoms with Crippen LogP contribution in [0.2, 0.25) is 5.15 Å². The molecule has 0 amide bonds. The lowest BCUT2D eigenvalue weighted by Gasteiger charge is -2.23. The first-order valence-electron chi connectivity index (χ1n) is 13.4. The number of rotatable bonds is 8. The molecule has 1 unspecified atom stereocenters. The van der Waals surface area contributed by atoms with Crippen molar-refractivity contribution >= 4 is 39.2 Å². The average Bonchev–Trinajstić information content (AvgIpc) is 3.48.